The van der Waals surface area contributed by atoms with Gasteiger partial charge < -0.3 is 9.64 Å². The van der Waals surface area contributed by atoms with Crippen molar-refractivity contribution >= 4 is 21.7 Å². The molecule has 220 valence electrons. The molecule has 0 spiro atoms. The van der Waals surface area contributed by atoms with Gasteiger partial charge in [0.15, 0.2) is 0 Å². The van der Waals surface area contributed by atoms with Gasteiger partial charge in [-0.25, -0.2) is 0 Å². The molecule has 8 heteroatoms. The summed E-state index contributed by atoms with van der Waals surface area (Å²) in [6.07, 6.45) is 19.9. The predicted octanol–water partition coefficient (Wildman–Crippen LogP) is 5.80. The van der Waals surface area contributed by atoms with E-state index in [0.717, 1.165) is 62.9 Å². The van der Waals surface area contributed by atoms with E-state index in [1.54, 1.807) is 11.1 Å². The van der Waals surface area contributed by atoms with E-state index in [-0.39, 0.29) is 28.8 Å². The van der Waals surface area contributed by atoms with Gasteiger partial charge in [-0.15, -0.1) is 0 Å². The summed E-state index contributed by atoms with van der Waals surface area (Å²) in [5.74, 6) is 2.41. The Morgan fingerprint density at radius 2 is 1.75 bits per heavy atom. The summed E-state index contributed by atoms with van der Waals surface area (Å²) >= 11 is 0. The highest BCUT2D eigenvalue weighted by molar-refractivity contribution is 7.85. The molecule has 40 heavy (non-hydrogen) atoms. The monoisotopic (exact) mass is 570 g/mol. The lowest BCUT2D eigenvalue weighted by atomic mass is 9.47. The molecule has 2 saturated carbocycles. The van der Waals surface area contributed by atoms with Gasteiger partial charge in [0, 0.05) is 18.8 Å². The normalized spacial score (nSPS) is 36.1. The second kappa shape index (κ2) is 11.3. The zero-order valence-corrected chi connectivity index (χ0v) is 25.3. The van der Waals surface area contributed by atoms with Gasteiger partial charge in [0.25, 0.3) is 10.1 Å². The maximum Gasteiger partial charge on any atom is 0.309 e. The fourth-order valence-corrected chi connectivity index (χ4v) is 8.77. The molecule has 4 aliphatic carbocycles. The van der Waals surface area contributed by atoms with E-state index in [1.807, 2.05) is 6.20 Å². The van der Waals surface area contributed by atoms with Gasteiger partial charge >= 0.3 is 5.97 Å². The summed E-state index contributed by atoms with van der Waals surface area (Å²) in [4.78, 5) is 19.6. The highest BCUT2D eigenvalue weighted by atomic mass is 32.2. The fraction of sp³-hybridized carbons (Fsp3) is 0.688. The molecule has 1 aromatic rings. The molecule has 0 radical (unpaired) electrons. The van der Waals surface area contributed by atoms with Crippen molar-refractivity contribution in [3.63, 3.8) is 0 Å². The maximum atomic E-state index is 12.9. The van der Waals surface area contributed by atoms with Crippen molar-refractivity contribution in [3.05, 3.63) is 47.8 Å². The van der Waals surface area contributed by atoms with E-state index in [4.69, 9.17) is 9.29 Å². The van der Waals surface area contributed by atoms with Crippen molar-refractivity contribution in [3.8, 4) is 0 Å². The molecule has 0 aromatic carbocycles. The molecule has 6 rings (SSSR count). The van der Waals surface area contributed by atoms with Crippen molar-refractivity contribution in [2.24, 2.45) is 34.5 Å². The topological polar surface area (TPSA) is 96.8 Å². The number of pyridine rings is 1. The third-order valence-electron chi connectivity index (χ3n) is 10.9. The van der Waals surface area contributed by atoms with E-state index < -0.39 is 10.1 Å². The van der Waals surface area contributed by atoms with Crippen molar-refractivity contribution in [1.29, 1.82) is 0 Å². The molecule has 6 atom stereocenters. The quantitative estimate of drug-likeness (QED) is 0.279. The summed E-state index contributed by atoms with van der Waals surface area (Å²) < 4.78 is 32.0. The number of ether oxygens (including phenoxy) is 1. The van der Waals surface area contributed by atoms with E-state index in [2.05, 4.69) is 61.3 Å². The predicted molar refractivity (Wildman–Crippen MR) is 157 cm³/mol. The average molecular weight is 571 g/mol. The van der Waals surface area contributed by atoms with Gasteiger partial charge in [-0.1, -0.05) is 37.6 Å². The smallest absolute Gasteiger partial charge is 0.309 e. The number of esters is 1. The third-order valence-corrected chi connectivity index (χ3v) is 10.9. The van der Waals surface area contributed by atoms with Crippen LogP contribution in [0.15, 0.2) is 42.3 Å². The van der Waals surface area contributed by atoms with Gasteiger partial charge in [0.05, 0.1) is 12.2 Å². The summed E-state index contributed by atoms with van der Waals surface area (Å²) in [6.45, 7) is 7.08. The zero-order valence-electron chi connectivity index (χ0n) is 24.5. The van der Waals surface area contributed by atoms with Crippen LogP contribution in [0, 0.1) is 34.5 Å². The van der Waals surface area contributed by atoms with Crippen LogP contribution in [0.5, 0.6) is 0 Å². The highest BCUT2D eigenvalue weighted by Gasteiger charge is 2.57. The minimum atomic E-state index is -3.67. The first-order valence-corrected chi connectivity index (χ1v) is 16.9. The molecular weight excluding hydrogens is 524 g/mol. The Morgan fingerprint density at radius 1 is 1.05 bits per heavy atom. The molecule has 0 bridgehead atoms. The number of fused-ring (bicyclic) bond motifs is 5. The van der Waals surface area contributed by atoms with Crippen LogP contribution in [0.25, 0.3) is 5.57 Å². The zero-order chi connectivity index (χ0) is 28.7. The molecule has 2 heterocycles. The van der Waals surface area contributed by atoms with Crippen LogP contribution in [0.3, 0.4) is 0 Å². The second-order valence-corrected chi connectivity index (χ2v) is 14.9. The standard InChI is InChI=1S/C31H42N2O2.CH4O3S/c1-30-14-10-24(35-29(34)21-12-17-33(3)18-13-21)19-23(30)6-7-25-27-9-8-26(22-5-4-16-32-20-22)31(27,2)15-11-28(25)30;1-5(2,3)4/h4-6,8,16,20-21,24-25,27-28H,7,9-15,17-19H2,1-3H3;1H3,(H,2,3,4)/t24-,25-,27-,28-,30-,31+;/m0./s1. The van der Waals surface area contributed by atoms with Crippen LogP contribution >= 0.6 is 0 Å². The Labute approximate surface area is 240 Å². The number of piperidine rings is 1. The Bertz CT molecular complexity index is 1250. The molecule has 5 aliphatic rings. The van der Waals surface area contributed by atoms with Gasteiger partial charge in [-0.05, 0) is 117 Å². The minimum Gasteiger partial charge on any atom is -0.462 e. The van der Waals surface area contributed by atoms with Crippen LogP contribution in [0.4, 0.5) is 0 Å². The van der Waals surface area contributed by atoms with Crippen LogP contribution in [0.1, 0.15) is 77.2 Å². The number of hydrogen-bond donors (Lipinski definition) is 1. The second-order valence-electron chi connectivity index (χ2n) is 13.4. The fourth-order valence-electron chi connectivity index (χ4n) is 8.77. The van der Waals surface area contributed by atoms with Crippen molar-refractivity contribution in [2.45, 2.75) is 77.7 Å². The number of carbonyl (C=O) groups excluding carboxylic acids is 1. The number of nitrogens with zero attached hydrogens (tertiary/aromatic N) is 2. The van der Waals surface area contributed by atoms with Crippen molar-refractivity contribution < 1.29 is 22.5 Å². The van der Waals surface area contributed by atoms with E-state index in [0.29, 0.717) is 6.26 Å². The number of rotatable bonds is 3. The van der Waals surface area contributed by atoms with Gasteiger partial charge in [-0.3, -0.25) is 14.3 Å². The Balaban J connectivity index is 0.000000595. The number of aromatic nitrogens is 1. The summed E-state index contributed by atoms with van der Waals surface area (Å²) in [7, 11) is -1.53. The Hall–Kier alpha value is -2.03. The van der Waals surface area contributed by atoms with Gasteiger partial charge in [0.1, 0.15) is 6.10 Å². The minimum absolute atomic E-state index is 0.0642. The molecule has 0 unspecified atom stereocenters. The van der Waals surface area contributed by atoms with E-state index in [1.165, 1.54) is 31.2 Å². The first-order valence-electron chi connectivity index (χ1n) is 15.0. The molecule has 1 N–H and O–H groups in total. The van der Waals surface area contributed by atoms with Crippen molar-refractivity contribution in [1.82, 2.24) is 9.88 Å². The van der Waals surface area contributed by atoms with E-state index in [9.17, 15) is 13.2 Å². The Morgan fingerprint density at radius 3 is 2.42 bits per heavy atom. The molecule has 3 fully saturated rings. The van der Waals surface area contributed by atoms with Crippen LogP contribution in [0.2, 0.25) is 0 Å². The number of likely N-dealkylation sites (tertiary alicyclic amines) is 1. The lowest BCUT2D eigenvalue weighted by Gasteiger charge is -2.58. The first kappa shape index (κ1) is 29.5. The van der Waals surface area contributed by atoms with Crippen LogP contribution in [-0.4, -0.2) is 61.3 Å². The molecular formula is C32H46N2O5S. The third kappa shape index (κ3) is 5.95. The number of hydrogen-bond acceptors (Lipinski definition) is 6. The van der Waals surface area contributed by atoms with Gasteiger partial charge in [-0.2, -0.15) is 8.42 Å². The molecule has 0 amide bonds. The lowest BCUT2D eigenvalue weighted by Crippen LogP contribution is -2.50. The number of carbonyl (C=O) groups is 1. The average Bonchev–Trinajstić information content (AvgIpc) is 3.26. The summed E-state index contributed by atoms with van der Waals surface area (Å²) in [6, 6.07) is 4.32. The molecule has 1 saturated heterocycles. The first-order chi connectivity index (χ1) is 18.9. The van der Waals surface area contributed by atoms with E-state index >= 15 is 0 Å². The van der Waals surface area contributed by atoms with Crippen molar-refractivity contribution in [2.75, 3.05) is 26.4 Å². The highest BCUT2D eigenvalue weighted by Crippen LogP contribution is 2.66. The van der Waals surface area contributed by atoms with Crippen LogP contribution in [-0.2, 0) is 19.6 Å². The molecule has 1 aliphatic heterocycles. The summed E-state index contributed by atoms with van der Waals surface area (Å²) in [5.41, 5.74) is 5.00. The maximum absolute atomic E-state index is 12.9. The molecule has 1 aromatic heterocycles. The summed E-state index contributed by atoms with van der Waals surface area (Å²) in [5, 5.41) is 0. The van der Waals surface area contributed by atoms with Gasteiger partial charge in [0.2, 0.25) is 0 Å². The SMILES string of the molecule is CN1CCC(C(=O)O[C@H]2CC[C@@]3(C)C(=CC[C@@H]4[C@@H]3CC[C@]3(C)C(c5cccnc5)=CC[C@@H]43)C2)CC1.CS(=O)(=O)O. The lowest BCUT2D eigenvalue weighted by molar-refractivity contribution is -0.157. The van der Waals surface area contributed by atoms with Crippen LogP contribution < -0.4 is 0 Å². The number of allylic oxidation sites excluding steroid dienone is 3. The Kier molecular flexibility index (Phi) is 8.35. The largest absolute Gasteiger partial charge is 0.462 e. The molecule has 7 nitrogen and oxygen atoms in total.